The molecule has 0 unspecified atom stereocenters. The lowest BCUT2D eigenvalue weighted by atomic mass is 10.0. The van der Waals surface area contributed by atoms with E-state index in [-0.39, 0.29) is 11.5 Å². The van der Waals surface area contributed by atoms with Crippen molar-refractivity contribution in [3.8, 4) is 5.69 Å². The molecule has 0 spiro atoms. The predicted octanol–water partition coefficient (Wildman–Crippen LogP) is 4.37. The van der Waals surface area contributed by atoms with Gasteiger partial charge in [0.05, 0.1) is 24.3 Å². The lowest BCUT2D eigenvalue weighted by Gasteiger charge is -2.20. The Bertz CT molecular complexity index is 1460. The van der Waals surface area contributed by atoms with E-state index < -0.39 is 29.8 Å². The molecule has 2 heterocycles. The van der Waals surface area contributed by atoms with Crippen LogP contribution in [0.4, 0.5) is 8.78 Å². The first-order valence-electron chi connectivity index (χ1n) is 11.6. The van der Waals surface area contributed by atoms with Crippen LogP contribution in [0.1, 0.15) is 58.4 Å². The lowest BCUT2D eigenvalue weighted by Crippen LogP contribution is -2.33. The number of aliphatic hydroxyl groups is 1. The fraction of sp³-hybridized carbons (Fsp3) is 0.296. The molecule has 1 aliphatic carbocycles. The van der Waals surface area contributed by atoms with Gasteiger partial charge in [-0.3, -0.25) is 4.79 Å². The van der Waals surface area contributed by atoms with Gasteiger partial charge in [0, 0.05) is 41.4 Å². The second-order valence-corrected chi connectivity index (χ2v) is 9.20. The standard InChI is InChI=1S/C27H26F2N4O2/c1-16-9-18(3-8-25(16)32-13-17(2)30-15-32)10-20-11-24(19-4-5-19)31-33(27(20)35)26(14-34)22-7-6-21(28)12-23(22)29/h3,6-9,11-13,15,19,26,34H,4-5,10,14H2,1-2H3/t26-/m0/s1. The predicted molar refractivity (Wildman–Crippen MR) is 128 cm³/mol. The maximum atomic E-state index is 14.5. The summed E-state index contributed by atoms with van der Waals surface area (Å²) in [6.07, 6.45) is 6.03. The van der Waals surface area contributed by atoms with E-state index in [1.54, 1.807) is 6.33 Å². The topological polar surface area (TPSA) is 72.9 Å². The van der Waals surface area contributed by atoms with Crippen molar-refractivity contribution in [3.05, 3.63) is 111 Å². The first kappa shape index (κ1) is 23.1. The Morgan fingerprint density at radius 3 is 2.54 bits per heavy atom. The van der Waals surface area contributed by atoms with Gasteiger partial charge in [-0.25, -0.2) is 18.4 Å². The van der Waals surface area contributed by atoms with Gasteiger partial charge in [-0.05, 0) is 56.0 Å². The highest BCUT2D eigenvalue weighted by molar-refractivity contribution is 5.44. The number of hydrogen-bond acceptors (Lipinski definition) is 4. The Hall–Kier alpha value is -3.65. The molecule has 0 saturated heterocycles. The average molecular weight is 477 g/mol. The normalized spacial score (nSPS) is 14.3. The van der Waals surface area contributed by atoms with Crippen molar-refractivity contribution in [2.75, 3.05) is 6.61 Å². The van der Waals surface area contributed by atoms with Gasteiger partial charge in [0.25, 0.3) is 5.56 Å². The molecule has 2 aromatic heterocycles. The third-order valence-electron chi connectivity index (χ3n) is 6.46. The molecule has 0 amide bonds. The first-order valence-corrected chi connectivity index (χ1v) is 11.6. The van der Waals surface area contributed by atoms with Crippen LogP contribution in [0.25, 0.3) is 5.69 Å². The number of halogens is 2. The number of nitrogens with zero attached hydrogens (tertiary/aromatic N) is 4. The molecule has 6 nitrogen and oxygen atoms in total. The highest BCUT2D eigenvalue weighted by atomic mass is 19.1. The molecule has 1 aliphatic rings. The molecule has 180 valence electrons. The summed E-state index contributed by atoms with van der Waals surface area (Å²) in [5.41, 5.74) is 4.83. The fourth-order valence-corrected chi connectivity index (χ4v) is 4.47. The summed E-state index contributed by atoms with van der Waals surface area (Å²) in [7, 11) is 0. The van der Waals surface area contributed by atoms with Gasteiger partial charge in [0.2, 0.25) is 0 Å². The molecule has 35 heavy (non-hydrogen) atoms. The van der Waals surface area contributed by atoms with Crippen LogP contribution in [0.15, 0.2) is 59.8 Å². The van der Waals surface area contributed by atoms with E-state index in [0.29, 0.717) is 12.0 Å². The van der Waals surface area contributed by atoms with Gasteiger partial charge in [0.15, 0.2) is 0 Å². The zero-order valence-corrected chi connectivity index (χ0v) is 19.6. The molecule has 0 radical (unpaired) electrons. The number of hydrogen-bond donors (Lipinski definition) is 1. The number of aryl methyl sites for hydroxylation is 2. The molecule has 1 saturated carbocycles. The zero-order valence-electron chi connectivity index (χ0n) is 19.6. The Labute approximate surface area is 201 Å². The SMILES string of the molecule is Cc1cn(-c2ccc(Cc3cc(C4CC4)nn([C@@H](CO)c4ccc(F)cc4F)c3=O)cc2C)cn1. The lowest BCUT2D eigenvalue weighted by molar-refractivity contribution is 0.232. The first-order chi connectivity index (χ1) is 16.8. The summed E-state index contributed by atoms with van der Waals surface area (Å²) >= 11 is 0. The second-order valence-electron chi connectivity index (χ2n) is 9.20. The third-order valence-corrected chi connectivity index (χ3v) is 6.46. The van der Waals surface area contributed by atoms with Crippen LogP contribution >= 0.6 is 0 Å². The van der Waals surface area contributed by atoms with Crippen LogP contribution in [0.3, 0.4) is 0 Å². The van der Waals surface area contributed by atoms with Gasteiger partial charge in [-0.15, -0.1) is 0 Å². The highest BCUT2D eigenvalue weighted by Gasteiger charge is 2.29. The molecule has 4 aromatic rings. The molecule has 1 fully saturated rings. The van der Waals surface area contributed by atoms with Crippen LogP contribution in [-0.2, 0) is 6.42 Å². The number of aromatic nitrogens is 4. The van der Waals surface area contributed by atoms with E-state index in [2.05, 4.69) is 10.1 Å². The smallest absolute Gasteiger partial charge is 0.270 e. The van der Waals surface area contributed by atoms with E-state index in [0.717, 1.165) is 57.9 Å². The van der Waals surface area contributed by atoms with Crippen molar-refractivity contribution in [2.45, 2.75) is 45.1 Å². The summed E-state index contributed by atoms with van der Waals surface area (Å²) in [6.45, 7) is 3.40. The summed E-state index contributed by atoms with van der Waals surface area (Å²) in [4.78, 5) is 17.8. The minimum absolute atomic E-state index is 0.0261. The van der Waals surface area contributed by atoms with Crippen molar-refractivity contribution >= 4 is 0 Å². The Kier molecular flexibility index (Phi) is 6.06. The van der Waals surface area contributed by atoms with E-state index in [1.165, 1.54) is 6.07 Å². The maximum absolute atomic E-state index is 14.5. The van der Waals surface area contributed by atoms with Gasteiger partial charge in [-0.2, -0.15) is 5.10 Å². The van der Waals surface area contributed by atoms with Crippen molar-refractivity contribution < 1.29 is 13.9 Å². The summed E-state index contributed by atoms with van der Waals surface area (Å²) in [6, 6.07) is 9.91. The molecule has 5 rings (SSSR count). The molecule has 0 bridgehead atoms. The van der Waals surface area contributed by atoms with Gasteiger partial charge in [0.1, 0.15) is 17.7 Å². The van der Waals surface area contributed by atoms with Crippen LogP contribution in [-0.4, -0.2) is 31.0 Å². The van der Waals surface area contributed by atoms with Crippen LogP contribution in [0.2, 0.25) is 0 Å². The third kappa shape index (κ3) is 4.66. The molecular formula is C27H26F2N4O2. The Balaban J connectivity index is 1.53. The minimum Gasteiger partial charge on any atom is -0.394 e. The van der Waals surface area contributed by atoms with Gasteiger partial charge >= 0.3 is 0 Å². The maximum Gasteiger partial charge on any atom is 0.270 e. The van der Waals surface area contributed by atoms with Gasteiger partial charge < -0.3 is 9.67 Å². The van der Waals surface area contributed by atoms with Crippen molar-refractivity contribution in [2.24, 2.45) is 0 Å². The molecule has 2 aromatic carbocycles. The largest absolute Gasteiger partial charge is 0.394 e. The molecule has 8 heteroatoms. The van der Waals surface area contributed by atoms with Gasteiger partial charge in [-0.1, -0.05) is 18.2 Å². The fourth-order valence-electron chi connectivity index (χ4n) is 4.47. The van der Waals surface area contributed by atoms with Crippen molar-refractivity contribution in [1.82, 2.24) is 19.3 Å². The quantitative estimate of drug-likeness (QED) is 0.430. The molecule has 1 atom stereocenters. The van der Waals surface area contributed by atoms with Crippen LogP contribution < -0.4 is 5.56 Å². The van der Waals surface area contributed by atoms with Crippen LogP contribution in [0.5, 0.6) is 0 Å². The number of aliphatic hydroxyl groups excluding tert-OH is 1. The molecule has 1 N–H and O–H groups in total. The summed E-state index contributed by atoms with van der Waals surface area (Å²) in [5, 5.41) is 14.6. The van der Waals surface area contributed by atoms with E-state index in [9.17, 15) is 18.7 Å². The zero-order chi connectivity index (χ0) is 24.7. The number of rotatable bonds is 7. The molecule has 0 aliphatic heterocycles. The minimum atomic E-state index is -1.05. The Morgan fingerprint density at radius 2 is 1.91 bits per heavy atom. The number of imidazole rings is 1. The van der Waals surface area contributed by atoms with Crippen LogP contribution in [0, 0.1) is 25.5 Å². The summed E-state index contributed by atoms with van der Waals surface area (Å²) < 4.78 is 31.1. The molecular weight excluding hydrogens is 450 g/mol. The average Bonchev–Trinajstić information content (AvgIpc) is 3.58. The second kappa shape index (κ2) is 9.19. The van der Waals surface area contributed by atoms with Crippen molar-refractivity contribution in [1.29, 1.82) is 0 Å². The summed E-state index contributed by atoms with van der Waals surface area (Å²) in [5.74, 6) is -1.30. The van der Waals surface area contributed by atoms with E-state index >= 15 is 0 Å². The van der Waals surface area contributed by atoms with E-state index in [1.807, 2.05) is 48.9 Å². The number of benzene rings is 2. The highest BCUT2D eigenvalue weighted by Crippen LogP contribution is 2.39. The monoisotopic (exact) mass is 476 g/mol. The Morgan fingerprint density at radius 1 is 1.11 bits per heavy atom. The van der Waals surface area contributed by atoms with E-state index in [4.69, 9.17) is 0 Å². The van der Waals surface area contributed by atoms with Crippen molar-refractivity contribution in [3.63, 3.8) is 0 Å².